The molecule has 0 spiro atoms. The van der Waals surface area contributed by atoms with Crippen molar-refractivity contribution in [2.24, 2.45) is 0 Å². The number of rotatable bonds is 4. The highest BCUT2D eigenvalue weighted by atomic mass is 16.4. The van der Waals surface area contributed by atoms with E-state index in [1.54, 1.807) is 25.1 Å². The van der Waals surface area contributed by atoms with E-state index in [-0.39, 0.29) is 19.0 Å². The van der Waals surface area contributed by atoms with Crippen molar-refractivity contribution in [3.05, 3.63) is 29.6 Å². The van der Waals surface area contributed by atoms with Gasteiger partial charge < -0.3 is 15.7 Å². The van der Waals surface area contributed by atoms with Crippen molar-refractivity contribution in [1.29, 1.82) is 0 Å². The summed E-state index contributed by atoms with van der Waals surface area (Å²) in [6.07, 6.45) is -1.11. The fourth-order valence-corrected chi connectivity index (χ4v) is 1.11. The molecular weight excluding hydrogens is 210 g/mol. The molecule has 1 aromatic rings. The monoisotopic (exact) mass is 223 g/mol. The van der Waals surface area contributed by atoms with Crippen LogP contribution in [0.3, 0.4) is 0 Å². The molecule has 3 N–H and O–H groups in total. The van der Waals surface area contributed by atoms with Gasteiger partial charge in [-0.1, -0.05) is 6.07 Å². The maximum absolute atomic E-state index is 11.5. The van der Waals surface area contributed by atoms with Crippen molar-refractivity contribution in [2.75, 3.05) is 13.1 Å². The normalized spacial score (nSPS) is 9.56. The van der Waals surface area contributed by atoms with Crippen LogP contribution in [0.5, 0.6) is 0 Å². The molecule has 0 aliphatic heterocycles. The van der Waals surface area contributed by atoms with Crippen LogP contribution in [0, 0.1) is 6.92 Å². The summed E-state index contributed by atoms with van der Waals surface area (Å²) in [4.78, 5) is 25.7. The first-order chi connectivity index (χ1) is 7.59. The largest absolute Gasteiger partial charge is 0.465 e. The van der Waals surface area contributed by atoms with E-state index in [0.717, 1.165) is 5.69 Å². The number of hydrogen-bond acceptors (Lipinski definition) is 3. The van der Waals surface area contributed by atoms with Crippen molar-refractivity contribution in [3.8, 4) is 0 Å². The van der Waals surface area contributed by atoms with Crippen molar-refractivity contribution in [2.45, 2.75) is 6.92 Å². The summed E-state index contributed by atoms with van der Waals surface area (Å²) < 4.78 is 0. The van der Waals surface area contributed by atoms with Gasteiger partial charge in [0.25, 0.3) is 5.91 Å². The Bertz CT molecular complexity index is 393. The lowest BCUT2D eigenvalue weighted by Crippen LogP contribution is -2.34. The molecule has 1 heterocycles. The van der Waals surface area contributed by atoms with E-state index in [1.165, 1.54) is 0 Å². The molecule has 6 heteroatoms. The fraction of sp³-hybridized carbons (Fsp3) is 0.300. The van der Waals surface area contributed by atoms with Gasteiger partial charge in [0, 0.05) is 18.8 Å². The highest BCUT2D eigenvalue weighted by molar-refractivity contribution is 5.92. The number of hydrogen-bond donors (Lipinski definition) is 3. The third-order valence-corrected chi connectivity index (χ3v) is 1.81. The Kier molecular flexibility index (Phi) is 4.26. The van der Waals surface area contributed by atoms with E-state index < -0.39 is 6.09 Å². The molecule has 6 nitrogen and oxygen atoms in total. The number of carbonyl (C=O) groups excluding carboxylic acids is 1. The third kappa shape index (κ3) is 3.95. The van der Waals surface area contributed by atoms with Crippen LogP contribution in [0.15, 0.2) is 18.2 Å². The molecule has 0 bridgehead atoms. The van der Waals surface area contributed by atoms with Crippen LogP contribution >= 0.6 is 0 Å². The summed E-state index contributed by atoms with van der Waals surface area (Å²) in [7, 11) is 0. The summed E-state index contributed by atoms with van der Waals surface area (Å²) in [6, 6.07) is 5.14. The summed E-state index contributed by atoms with van der Waals surface area (Å²) in [5.41, 5.74) is 1.09. The average molecular weight is 223 g/mol. The molecule has 0 aliphatic carbocycles. The van der Waals surface area contributed by atoms with Gasteiger partial charge >= 0.3 is 6.09 Å². The molecule has 0 fully saturated rings. The first-order valence-electron chi connectivity index (χ1n) is 4.78. The summed E-state index contributed by atoms with van der Waals surface area (Å²) in [5.74, 6) is -0.309. The number of aromatic nitrogens is 1. The van der Waals surface area contributed by atoms with Gasteiger partial charge in [-0.05, 0) is 19.1 Å². The number of amides is 2. The van der Waals surface area contributed by atoms with Crippen molar-refractivity contribution >= 4 is 12.0 Å². The van der Waals surface area contributed by atoms with Gasteiger partial charge in [-0.25, -0.2) is 9.78 Å². The number of carbonyl (C=O) groups is 2. The first-order valence-corrected chi connectivity index (χ1v) is 4.78. The number of carboxylic acid groups (broad SMARTS) is 1. The minimum absolute atomic E-state index is 0.174. The summed E-state index contributed by atoms with van der Waals surface area (Å²) in [5, 5.41) is 13.0. The van der Waals surface area contributed by atoms with Gasteiger partial charge in [0.05, 0.1) is 0 Å². The van der Waals surface area contributed by atoms with Gasteiger partial charge in [-0.15, -0.1) is 0 Å². The van der Waals surface area contributed by atoms with E-state index in [4.69, 9.17) is 5.11 Å². The number of pyridine rings is 1. The molecular formula is C10H13N3O3. The highest BCUT2D eigenvalue weighted by Gasteiger charge is 2.05. The smallest absolute Gasteiger partial charge is 0.404 e. The van der Waals surface area contributed by atoms with Gasteiger partial charge in [-0.3, -0.25) is 4.79 Å². The Hall–Kier alpha value is -2.11. The first kappa shape index (κ1) is 12.0. The number of nitrogens with one attached hydrogen (secondary N) is 2. The molecule has 1 aromatic heterocycles. The van der Waals surface area contributed by atoms with Crippen LogP contribution in [0.2, 0.25) is 0 Å². The van der Waals surface area contributed by atoms with Gasteiger partial charge in [0.1, 0.15) is 5.69 Å². The van der Waals surface area contributed by atoms with Crippen molar-refractivity contribution in [1.82, 2.24) is 15.6 Å². The zero-order valence-corrected chi connectivity index (χ0v) is 8.86. The highest BCUT2D eigenvalue weighted by Crippen LogP contribution is 1.97. The van der Waals surface area contributed by atoms with E-state index in [2.05, 4.69) is 15.6 Å². The van der Waals surface area contributed by atoms with E-state index in [9.17, 15) is 9.59 Å². The predicted molar refractivity (Wildman–Crippen MR) is 57.3 cm³/mol. The Morgan fingerprint density at radius 3 is 2.62 bits per heavy atom. The molecule has 86 valence electrons. The molecule has 0 saturated heterocycles. The lowest BCUT2D eigenvalue weighted by Gasteiger charge is -2.04. The lowest BCUT2D eigenvalue weighted by atomic mass is 10.3. The summed E-state index contributed by atoms with van der Waals surface area (Å²) >= 11 is 0. The molecule has 1 rings (SSSR count). The summed E-state index contributed by atoms with van der Waals surface area (Å²) in [6.45, 7) is 2.20. The fourth-order valence-electron chi connectivity index (χ4n) is 1.11. The lowest BCUT2D eigenvalue weighted by molar-refractivity contribution is 0.0948. The Balaban J connectivity index is 2.38. The second-order valence-corrected chi connectivity index (χ2v) is 3.15. The van der Waals surface area contributed by atoms with Crippen LogP contribution in [0.1, 0.15) is 16.2 Å². The van der Waals surface area contributed by atoms with Crippen molar-refractivity contribution < 1.29 is 14.7 Å². The van der Waals surface area contributed by atoms with Crippen LogP contribution in [0.25, 0.3) is 0 Å². The van der Waals surface area contributed by atoms with E-state index in [0.29, 0.717) is 5.69 Å². The molecule has 0 atom stereocenters. The maximum Gasteiger partial charge on any atom is 0.404 e. The number of nitrogens with zero attached hydrogens (tertiary/aromatic N) is 1. The third-order valence-electron chi connectivity index (χ3n) is 1.81. The van der Waals surface area contributed by atoms with E-state index >= 15 is 0 Å². The predicted octanol–water partition coefficient (Wildman–Crippen LogP) is 0.387. The number of aryl methyl sites for hydroxylation is 1. The van der Waals surface area contributed by atoms with Crippen molar-refractivity contribution in [3.63, 3.8) is 0 Å². The Morgan fingerprint density at radius 2 is 2.00 bits per heavy atom. The molecule has 0 saturated carbocycles. The van der Waals surface area contributed by atoms with Crippen LogP contribution in [0.4, 0.5) is 4.79 Å². The Labute approximate surface area is 92.7 Å². The zero-order chi connectivity index (χ0) is 12.0. The molecule has 0 aliphatic rings. The SMILES string of the molecule is Cc1cccc(C(=O)NCCNC(=O)O)n1. The van der Waals surface area contributed by atoms with Gasteiger partial charge in [0.15, 0.2) is 0 Å². The topological polar surface area (TPSA) is 91.3 Å². The minimum Gasteiger partial charge on any atom is -0.465 e. The molecule has 2 amide bonds. The zero-order valence-electron chi connectivity index (χ0n) is 8.86. The average Bonchev–Trinajstić information content (AvgIpc) is 2.24. The minimum atomic E-state index is -1.11. The second-order valence-electron chi connectivity index (χ2n) is 3.15. The molecule has 0 aromatic carbocycles. The molecule has 0 unspecified atom stereocenters. The van der Waals surface area contributed by atoms with Crippen LogP contribution < -0.4 is 10.6 Å². The van der Waals surface area contributed by atoms with Crippen LogP contribution in [-0.2, 0) is 0 Å². The Morgan fingerprint density at radius 1 is 1.31 bits per heavy atom. The van der Waals surface area contributed by atoms with E-state index in [1.807, 2.05) is 0 Å². The quantitative estimate of drug-likeness (QED) is 0.644. The second kappa shape index (κ2) is 5.69. The van der Waals surface area contributed by atoms with Gasteiger partial charge in [0.2, 0.25) is 0 Å². The molecule has 0 radical (unpaired) electrons. The van der Waals surface area contributed by atoms with Gasteiger partial charge in [-0.2, -0.15) is 0 Å². The standard InChI is InChI=1S/C10H13N3O3/c1-7-3-2-4-8(13-7)9(14)11-5-6-12-10(15)16/h2-4,12H,5-6H2,1H3,(H,11,14)(H,15,16). The molecule has 16 heavy (non-hydrogen) atoms. The van der Waals surface area contributed by atoms with Crippen LogP contribution in [-0.4, -0.2) is 35.2 Å². The maximum atomic E-state index is 11.5.